The second-order valence-corrected chi connectivity index (χ2v) is 11.7. The second-order valence-electron chi connectivity index (χ2n) is 9.83. The zero-order valence-electron chi connectivity index (χ0n) is 22.2. The monoisotopic (exact) mass is 536 g/mol. The van der Waals surface area contributed by atoms with Crippen LogP contribution in [0.4, 0.5) is 11.4 Å². The Balaban J connectivity index is 1.34. The third kappa shape index (κ3) is 5.02. The molecule has 0 saturated carbocycles. The van der Waals surface area contributed by atoms with Gasteiger partial charge in [0.1, 0.15) is 0 Å². The number of likely N-dealkylation sites (N-methyl/N-ethyl adjacent to an activating group) is 1. The van der Waals surface area contributed by atoms with E-state index in [9.17, 15) is 13.2 Å². The number of aromatic nitrogens is 1. The maximum Gasteiger partial charge on any atom is 0.243 e. The molecular formula is C29H36N4O4S. The van der Waals surface area contributed by atoms with Gasteiger partial charge in [-0.15, -0.1) is 0 Å². The molecule has 1 aromatic heterocycles. The first-order valence-corrected chi connectivity index (χ1v) is 15.0. The molecule has 5 rings (SSSR count). The van der Waals surface area contributed by atoms with Crippen LogP contribution in [0.1, 0.15) is 32.3 Å². The van der Waals surface area contributed by atoms with Gasteiger partial charge >= 0.3 is 0 Å². The lowest BCUT2D eigenvalue weighted by Gasteiger charge is -2.35. The first-order valence-electron chi connectivity index (χ1n) is 13.5. The molecule has 2 aliphatic heterocycles. The second kappa shape index (κ2) is 11.4. The average molecular weight is 537 g/mol. The van der Waals surface area contributed by atoms with E-state index in [4.69, 9.17) is 4.74 Å². The van der Waals surface area contributed by atoms with Gasteiger partial charge in [0.2, 0.25) is 15.9 Å². The molecule has 38 heavy (non-hydrogen) atoms. The molecule has 1 saturated heterocycles. The number of sulfonamides is 1. The third-order valence-corrected chi connectivity index (χ3v) is 9.79. The van der Waals surface area contributed by atoms with Crippen molar-refractivity contribution in [2.45, 2.75) is 38.0 Å². The topological polar surface area (TPSA) is 83.0 Å². The third-order valence-electron chi connectivity index (χ3n) is 7.75. The standard InChI is InChI=1S/C29H36N4O4S/c1-3-32(19-20-37-4-2)38(35,36)28-10-9-27(25-21-30-15-11-24(25)28)31-16-12-23(13-17-31)29(34)33-18-14-22-7-5-6-8-26(22)33/h5-11,15,21,23H,3-4,12-14,16-20H2,1-2H3. The van der Waals surface area contributed by atoms with Crippen molar-refractivity contribution in [3.05, 3.63) is 60.4 Å². The normalized spacial score (nSPS) is 16.4. The van der Waals surface area contributed by atoms with E-state index in [1.165, 1.54) is 9.87 Å². The Labute approximate surface area is 225 Å². The minimum atomic E-state index is -3.70. The Kier molecular flexibility index (Phi) is 7.97. The van der Waals surface area contributed by atoms with Crippen molar-refractivity contribution in [1.82, 2.24) is 9.29 Å². The van der Waals surface area contributed by atoms with Crippen LogP contribution in [0, 0.1) is 5.92 Å². The molecule has 0 atom stereocenters. The fourth-order valence-corrected chi connectivity index (χ4v) is 7.33. The number of nitrogens with zero attached hydrogens (tertiary/aromatic N) is 4. The number of carbonyl (C=O) groups is 1. The van der Waals surface area contributed by atoms with Crippen LogP contribution in [0.5, 0.6) is 0 Å². The lowest BCUT2D eigenvalue weighted by molar-refractivity contribution is -0.122. The summed E-state index contributed by atoms with van der Waals surface area (Å²) in [6.07, 6.45) is 5.83. The molecule has 0 unspecified atom stereocenters. The summed E-state index contributed by atoms with van der Waals surface area (Å²) in [7, 11) is -3.70. The van der Waals surface area contributed by atoms with Crippen LogP contribution in [0.25, 0.3) is 10.8 Å². The van der Waals surface area contributed by atoms with Crippen molar-refractivity contribution < 1.29 is 17.9 Å². The molecule has 0 N–H and O–H groups in total. The predicted octanol–water partition coefficient (Wildman–Crippen LogP) is 4.09. The molecular weight excluding hydrogens is 500 g/mol. The molecule has 2 aromatic carbocycles. The first-order chi connectivity index (χ1) is 18.5. The van der Waals surface area contributed by atoms with Crippen LogP contribution in [-0.4, -0.2) is 69.6 Å². The largest absolute Gasteiger partial charge is 0.380 e. The van der Waals surface area contributed by atoms with Crippen LogP contribution in [0.3, 0.4) is 0 Å². The minimum Gasteiger partial charge on any atom is -0.380 e. The molecule has 0 spiro atoms. The van der Waals surface area contributed by atoms with Crippen LogP contribution < -0.4 is 9.80 Å². The minimum absolute atomic E-state index is 0.00935. The summed E-state index contributed by atoms with van der Waals surface area (Å²) < 4.78 is 34.0. The number of carbonyl (C=O) groups excluding carboxylic acids is 1. The van der Waals surface area contributed by atoms with Crippen molar-refractivity contribution in [2.24, 2.45) is 5.92 Å². The number of pyridine rings is 1. The number of benzene rings is 2. The molecule has 0 aliphatic carbocycles. The van der Waals surface area contributed by atoms with Gasteiger partial charge in [-0.25, -0.2) is 8.42 Å². The van der Waals surface area contributed by atoms with Gasteiger partial charge in [0, 0.05) is 79.8 Å². The van der Waals surface area contributed by atoms with Gasteiger partial charge < -0.3 is 14.5 Å². The maximum absolute atomic E-state index is 13.6. The molecule has 1 fully saturated rings. The number of hydrogen-bond donors (Lipinski definition) is 0. The van der Waals surface area contributed by atoms with Gasteiger partial charge in [-0.1, -0.05) is 25.1 Å². The van der Waals surface area contributed by atoms with Crippen LogP contribution in [-0.2, 0) is 26.0 Å². The molecule has 0 radical (unpaired) electrons. The highest BCUT2D eigenvalue weighted by atomic mass is 32.2. The lowest BCUT2D eigenvalue weighted by Crippen LogP contribution is -2.42. The first kappa shape index (κ1) is 26.6. The summed E-state index contributed by atoms with van der Waals surface area (Å²) in [5.41, 5.74) is 3.25. The zero-order valence-corrected chi connectivity index (χ0v) is 23.0. The van der Waals surface area contributed by atoms with E-state index in [2.05, 4.69) is 16.0 Å². The Morgan fingerprint density at radius 3 is 2.58 bits per heavy atom. The van der Waals surface area contributed by atoms with E-state index in [0.717, 1.165) is 55.7 Å². The quantitative estimate of drug-likeness (QED) is 0.383. The van der Waals surface area contributed by atoms with Gasteiger partial charge in [-0.05, 0) is 56.0 Å². The number of piperidine rings is 1. The zero-order chi connectivity index (χ0) is 26.7. The van der Waals surface area contributed by atoms with Gasteiger partial charge in [0.25, 0.3) is 0 Å². The van der Waals surface area contributed by atoms with Crippen LogP contribution >= 0.6 is 0 Å². The van der Waals surface area contributed by atoms with E-state index in [-0.39, 0.29) is 16.7 Å². The Morgan fingerprint density at radius 2 is 1.82 bits per heavy atom. The number of para-hydroxylation sites is 1. The SMILES string of the molecule is CCOCCN(CC)S(=O)(=O)c1ccc(N2CCC(C(=O)N3CCc4ccccc43)CC2)c2cnccc12. The molecule has 1 amide bonds. The number of hydrogen-bond acceptors (Lipinski definition) is 6. The molecule has 8 nitrogen and oxygen atoms in total. The summed E-state index contributed by atoms with van der Waals surface area (Å²) in [6.45, 7) is 7.55. The average Bonchev–Trinajstić information content (AvgIpc) is 3.38. The van der Waals surface area contributed by atoms with Crippen molar-refractivity contribution in [3.8, 4) is 0 Å². The number of fused-ring (bicyclic) bond motifs is 2. The van der Waals surface area contributed by atoms with Gasteiger partial charge in [-0.3, -0.25) is 9.78 Å². The van der Waals surface area contributed by atoms with Crippen LogP contribution in [0.2, 0.25) is 0 Å². The maximum atomic E-state index is 13.6. The van der Waals surface area contributed by atoms with Gasteiger partial charge in [-0.2, -0.15) is 4.31 Å². The highest BCUT2D eigenvalue weighted by Gasteiger charge is 2.33. The lowest BCUT2D eigenvalue weighted by atomic mass is 9.94. The highest BCUT2D eigenvalue weighted by molar-refractivity contribution is 7.89. The van der Waals surface area contributed by atoms with E-state index < -0.39 is 10.0 Å². The predicted molar refractivity (Wildman–Crippen MR) is 150 cm³/mol. The Morgan fingerprint density at radius 1 is 1.03 bits per heavy atom. The molecule has 2 aliphatic rings. The summed E-state index contributed by atoms with van der Waals surface area (Å²) in [5, 5.41) is 1.48. The molecule has 9 heteroatoms. The van der Waals surface area contributed by atoms with E-state index in [1.54, 1.807) is 24.5 Å². The Bertz CT molecular complexity index is 1400. The molecule has 202 valence electrons. The van der Waals surface area contributed by atoms with Gasteiger partial charge in [0.05, 0.1) is 11.5 Å². The summed E-state index contributed by atoms with van der Waals surface area (Å²) in [4.78, 5) is 22.2. The van der Waals surface area contributed by atoms with Crippen molar-refractivity contribution in [1.29, 1.82) is 0 Å². The van der Waals surface area contributed by atoms with Crippen molar-refractivity contribution in [3.63, 3.8) is 0 Å². The van der Waals surface area contributed by atoms with E-state index in [0.29, 0.717) is 31.7 Å². The fourth-order valence-electron chi connectivity index (χ4n) is 5.70. The number of amides is 1. The smallest absolute Gasteiger partial charge is 0.243 e. The molecule has 3 heterocycles. The Hall–Kier alpha value is -3.01. The van der Waals surface area contributed by atoms with Gasteiger partial charge in [0.15, 0.2) is 0 Å². The summed E-state index contributed by atoms with van der Waals surface area (Å²) in [5.74, 6) is 0.208. The van der Waals surface area contributed by atoms with Crippen LogP contribution in [0.15, 0.2) is 59.8 Å². The van der Waals surface area contributed by atoms with Crippen molar-refractivity contribution in [2.75, 3.05) is 55.7 Å². The molecule has 3 aromatic rings. The number of rotatable bonds is 9. The number of ether oxygens (including phenoxy) is 1. The molecule has 0 bridgehead atoms. The van der Waals surface area contributed by atoms with E-state index >= 15 is 0 Å². The summed E-state index contributed by atoms with van der Waals surface area (Å²) in [6, 6.07) is 13.6. The van der Waals surface area contributed by atoms with Crippen molar-refractivity contribution >= 4 is 38.1 Å². The highest BCUT2D eigenvalue weighted by Crippen LogP contribution is 2.36. The van der Waals surface area contributed by atoms with E-state index in [1.807, 2.05) is 43.0 Å². The summed E-state index contributed by atoms with van der Waals surface area (Å²) >= 11 is 0. The fraction of sp³-hybridized carbons (Fsp3) is 0.448. The number of anilines is 2.